The van der Waals surface area contributed by atoms with Crippen LogP contribution in [0.2, 0.25) is 0 Å². The smallest absolute Gasteiger partial charge is 0.275 e. The molecule has 0 bridgehead atoms. The maximum absolute atomic E-state index is 12.4. The van der Waals surface area contributed by atoms with Gasteiger partial charge in [-0.25, -0.2) is 0 Å². The maximum Gasteiger partial charge on any atom is 0.275 e. The molecule has 6 nitrogen and oxygen atoms in total. The summed E-state index contributed by atoms with van der Waals surface area (Å²) in [6.07, 6.45) is 5.92. The molecule has 3 aromatic heterocycles. The van der Waals surface area contributed by atoms with E-state index < -0.39 is 0 Å². The fourth-order valence-corrected chi connectivity index (χ4v) is 2.44. The van der Waals surface area contributed by atoms with Crippen LogP contribution in [-0.2, 0) is 13.6 Å². The third kappa shape index (κ3) is 1.76. The lowest BCUT2D eigenvalue weighted by Crippen LogP contribution is -2.21. The first-order valence-corrected chi connectivity index (χ1v) is 6.69. The van der Waals surface area contributed by atoms with Gasteiger partial charge in [0.05, 0.1) is 0 Å². The van der Waals surface area contributed by atoms with E-state index in [0.29, 0.717) is 23.9 Å². The molecule has 1 aliphatic rings. The Morgan fingerprint density at radius 1 is 1.35 bits per heavy atom. The Morgan fingerprint density at radius 2 is 2.15 bits per heavy atom. The highest BCUT2D eigenvalue weighted by molar-refractivity contribution is 5.78. The number of aryl methyl sites for hydroxylation is 1. The molecule has 0 atom stereocenters. The second-order valence-electron chi connectivity index (χ2n) is 5.30. The first kappa shape index (κ1) is 11.5. The minimum absolute atomic E-state index is 0.0406. The highest BCUT2D eigenvalue weighted by atomic mass is 16.5. The number of rotatable bonds is 3. The maximum atomic E-state index is 12.4. The zero-order valence-electron chi connectivity index (χ0n) is 11.1. The summed E-state index contributed by atoms with van der Waals surface area (Å²) in [6.45, 7) is 0.319. The Balaban J connectivity index is 1.72. The van der Waals surface area contributed by atoms with Gasteiger partial charge in [0.25, 0.3) is 5.56 Å². The summed E-state index contributed by atoms with van der Waals surface area (Å²) in [6, 6.07) is 3.86. The molecule has 6 heteroatoms. The van der Waals surface area contributed by atoms with Gasteiger partial charge in [-0.2, -0.15) is 4.98 Å². The van der Waals surface area contributed by atoms with E-state index in [2.05, 4.69) is 10.1 Å². The molecule has 0 spiro atoms. The van der Waals surface area contributed by atoms with E-state index in [4.69, 9.17) is 4.52 Å². The van der Waals surface area contributed by atoms with Crippen LogP contribution in [0.5, 0.6) is 0 Å². The summed E-state index contributed by atoms with van der Waals surface area (Å²) in [4.78, 5) is 16.8. The van der Waals surface area contributed by atoms with Crippen molar-refractivity contribution in [2.45, 2.75) is 25.3 Å². The fraction of sp³-hybridized carbons (Fsp3) is 0.357. The van der Waals surface area contributed by atoms with Gasteiger partial charge in [0.1, 0.15) is 12.1 Å². The molecule has 0 aliphatic heterocycles. The quantitative estimate of drug-likeness (QED) is 0.725. The van der Waals surface area contributed by atoms with Crippen LogP contribution in [0.4, 0.5) is 0 Å². The minimum Gasteiger partial charge on any atom is -0.346 e. The highest BCUT2D eigenvalue weighted by Gasteiger charge is 2.28. The summed E-state index contributed by atoms with van der Waals surface area (Å²) in [5.41, 5.74) is 0.649. The molecule has 0 aromatic carbocycles. The molecule has 1 saturated carbocycles. The molecule has 1 aliphatic carbocycles. The Bertz CT molecular complexity index is 838. The summed E-state index contributed by atoms with van der Waals surface area (Å²) < 4.78 is 8.66. The lowest BCUT2D eigenvalue weighted by molar-refractivity contribution is 0.365. The van der Waals surface area contributed by atoms with Crippen molar-refractivity contribution < 1.29 is 4.52 Å². The second kappa shape index (κ2) is 4.06. The zero-order chi connectivity index (χ0) is 13.7. The predicted molar refractivity (Wildman–Crippen MR) is 72.6 cm³/mol. The summed E-state index contributed by atoms with van der Waals surface area (Å²) in [5, 5.41) is 4.91. The van der Waals surface area contributed by atoms with Crippen LogP contribution in [-0.4, -0.2) is 19.3 Å². The van der Waals surface area contributed by atoms with Gasteiger partial charge in [-0.15, -0.1) is 0 Å². The minimum atomic E-state index is -0.0406. The van der Waals surface area contributed by atoms with E-state index in [1.54, 1.807) is 10.8 Å². The normalized spacial score (nSPS) is 15.1. The molecular weight excluding hydrogens is 256 g/mol. The molecule has 0 amide bonds. The zero-order valence-corrected chi connectivity index (χ0v) is 11.1. The van der Waals surface area contributed by atoms with Gasteiger partial charge in [-0.05, 0) is 25.0 Å². The fourth-order valence-electron chi connectivity index (χ4n) is 2.44. The molecule has 1 fully saturated rings. The van der Waals surface area contributed by atoms with Gasteiger partial charge in [-0.1, -0.05) is 5.16 Å². The van der Waals surface area contributed by atoms with Crippen LogP contribution < -0.4 is 5.56 Å². The van der Waals surface area contributed by atoms with Crippen molar-refractivity contribution in [3.63, 3.8) is 0 Å². The summed E-state index contributed by atoms with van der Waals surface area (Å²) >= 11 is 0. The van der Waals surface area contributed by atoms with E-state index in [9.17, 15) is 4.79 Å². The molecule has 20 heavy (non-hydrogen) atoms. The van der Waals surface area contributed by atoms with Crippen molar-refractivity contribution in [1.29, 1.82) is 0 Å². The lowest BCUT2D eigenvalue weighted by Gasteiger charge is -2.03. The van der Waals surface area contributed by atoms with Crippen molar-refractivity contribution in [3.05, 3.63) is 46.6 Å². The Labute approximate surface area is 114 Å². The van der Waals surface area contributed by atoms with Crippen LogP contribution in [0.3, 0.4) is 0 Å². The molecule has 0 unspecified atom stereocenters. The average molecular weight is 270 g/mol. The van der Waals surface area contributed by atoms with Gasteiger partial charge in [0, 0.05) is 30.7 Å². The molecular formula is C14H14N4O2. The third-order valence-electron chi connectivity index (χ3n) is 3.73. The van der Waals surface area contributed by atoms with E-state index in [1.807, 2.05) is 29.9 Å². The third-order valence-corrected chi connectivity index (χ3v) is 3.73. The standard InChI is InChI=1S/C14H14N4O2/c1-17-6-4-9-5-7-18(14(19)12(9)17)8-11-15-13(16-20-11)10-2-3-10/h4-7,10H,2-3,8H2,1H3. The summed E-state index contributed by atoms with van der Waals surface area (Å²) in [7, 11) is 1.87. The van der Waals surface area contributed by atoms with Crippen molar-refractivity contribution in [2.24, 2.45) is 7.05 Å². The van der Waals surface area contributed by atoms with Crippen LogP contribution in [0.25, 0.3) is 10.9 Å². The SMILES string of the molecule is Cn1ccc2ccn(Cc3nc(C4CC4)no3)c(=O)c21. The van der Waals surface area contributed by atoms with Crippen LogP contribution in [0, 0.1) is 0 Å². The van der Waals surface area contributed by atoms with E-state index in [1.165, 1.54) is 0 Å². The first-order valence-electron chi connectivity index (χ1n) is 6.69. The van der Waals surface area contributed by atoms with Gasteiger partial charge < -0.3 is 13.7 Å². The number of hydrogen-bond donors (Lipinski definition) is 0. The van der Waals surface area contributed by atoms with Crippen LogP contribution in [0.1, 0.15) is 30.5 Å². The molecule has 0 saturated heterocycles. The van der Waals surface area contributed by atoms with Crippen molar-refractivity contribution in [1.82, 2.24) is 19.3 Å². The number of pyridine rings is 1. The average Bonchev–Trinajstić information content (AvgIpc) is 3.07. The molecule has 102 valence electrons. The molecule has 0 radical (unpaired) electrons. The number of fused-ring (bicyclic) bond motifs is 1. The molecule has 3 heterocycles. The van der Waals surface area contributed by atoms with Gasteiger partial charge in [0.2, 0.25) is 5.89 Å². The van der Waals surface area contributed by atoms with Crippen LogP contribution >= 0.6 is 0 Å². The van der Waals surface area contributed by atoms with Gasteiger partial charge in [-0.3, -0.25) is 4.79 Å². The number of nitrogens with zero attached hydrogens (tertiary/aromatic N) is 4. The van der Waals surface area contributed by atoms with Crippen LogP contribution in [0.15, 0.2) is 33.8 Å². The van der Waals surface area contributed by atoms with Gasteiger partial charge in [0.15, 0.2) is 5.82 Å². The first-order chi connectivity index (χ1) is 9.72. The topological polar surface area (TPSA) is 65.8 Å². The molecule has 4 rings (SSSR count). The lowest BCUT2D eigenvalue weighted by atomic mass is 10.3. The number of hydrogen-bond acceptors (Lipinski definition) is 4. The van der Waals surface area contributed by atoms with E-state index >= 15 is 0 Å². The highest BCUT2D eigenvalue weighted by Crippen LogP contribution is 2.38. The van der Waals surface area contributed by atoms with E-state index in [-0.39, 0.29) is 5.56 Å². The molecule has 3 aromatic rings. The monoisotopic (exact) mass is 270 g/mol. The van der Waals surface area contributed by atoms with E-state index in [0.717, 1.165) is 24.1 Å². The largest absolute Gasteiger partial charge is 0.346 e. The summed E-state index contributed by atoms with van der Waals surface area (Å²) in [5.74, 6) is 1.72. The van der Waals surface area contributed by atoms with Crippen molar-refractivity contribution >= 4 is 10.9 Å². The number of aromatic nitrogens is 4. The Kier molecular flexibility index (Phi) is 2.33. The predicted octanol–water partition coefficient (Wildman–Crippen LogP) is 1.65. The molecule has 0 N–H and O–H groups in total. The Hall–Kier alpha value is -2.37. The van der Waals surface area contributed by atoms with Crippen molar-refractivity contribution in [3.8, 4) is 0 Å². The van der Waals surface area contributed by atoms with Crippen molar-refractivity contribution in [2.75, 3.05) is 0 Å². The van der Waals surface area contributed by atoms with Gasteiger partial charge >= 0.3 is 0 Å². The second-order valence-corrected chi connectivity index (χ2v) is 5.30. The Morgan fingerprint density at radius 3 is 2.95 bits per heavy atom.